The molecule has 3 N–H and O–H groups in total. The molecule has 1 aromatic rings. The number of rotatable bonds is 2. The quantitative estimate of drug-likeness (QED) is 0.596. The highest BCUT2D eigenvalue weighted by Gasteiger charge is 2.45. The van der Waals surface area contributed by atoms with Crippen molar-refractivity contribution in [3.05, 3.63) is 32.6 Å². The summed E-state index contributed by atoms with van der Waals surface area (Å²) in [7, 11) is 0. The largest absolute Gasteiger partial charge is 0.394 e. The Morgan fingerprint density at radius 1 is 1.56 bits per heavy atom. The van der Waals surface area contributed by atoms with Gasteiger partial charge in [-0.15, -0.1) is 0 Å². The lowest BCUT2D eigenvalue weighted by Crippen LogP contribution is -2.36. The molecule has 0 radical (unpaired) electrons. The number of aliphatic hydroxyl groups is 2. The lowest BCUT2D eigenvalue weighted by atomic mass is 10.1. The third kappa shape index (κ3) is 1.98. The number of aromatic amines is 1. The van der Waals surface area contributed by atoms with E-state index in [0.717, 1.165) is 10.8 Å². The molecule has 0 aliphatic carbocycles. The number of hydrogen-bond acceptors (Lipinski definition) is 5. The van der Waals surface area contributed by atoms with Crippen LogP contribution in [0.2, 0.25) is 0 Å². The molecule has 1 aliphatic rings. The zero-order valence-corrected chi connectivity index (χ0v) is 9.54. The molecule has 2 rings (SSSR count). The second-order valence-corrected chi connectivity index (χ2v) is 4.16. The summed E-state index contributed by atoms with van der Waals surface area (Å²) < 4.78 is 19.7. The SMILES string of the molecule is Cc1cn([C@H]2O[C@@H](CO)[C@H](O)C2F)c(=O)[nH]c1=O. The Hall–Kier alpha value is -1.51. The van der Waals surface area contributed by atoms with Crippen molar-refractivity contribution in [3.63, 3.8) is 0 Å². The standard InChI is InChI=1S/C10H13FN2O5/c1-4-2-13(10(17)12-8(4)16)9-6(11)7(15)5(3-14)18-9/h2,5-7,9,14-15H,3H2,1H3,(H,12,16,17)/t5-,6?,7-,9-/m0/s1. The van der Waals surface area contributed by atoms with Gasteiger partial charge in [0.15, 0.2) is 12.4 Å². The van der Waals surface area contributed by atoms with Gasteiger partial charge in [-0.3, -0.25) is 14.3 Å². The van der Waals surface area contributed by atoms with Crippen LogP contribution in [0.4, 0.5) is 4.39 Å². The van der Waals surface area contributed by atoms with E-state index in [0.29, 0.717) is 0 Å². The Kier molecular flexibility index (Phi) is 3.33. The number of nitrogens with zero attached hydrogens (tertiary/aromatic N) is 1. The van der Waals surface area contributed by atoms with E-state index in [-0.39, 0.29) is 5.56 Å². The van der Waals surface area contributed by atoms with Crippen LogP contribution in [0.1, 0.15) is 11.8 Å². The van der Waals surface area contributed by atoms with Crippen LogP contribution in [-0.4, -0.2) is 44.8 Å². The van der Waals surface area contributed by atoms with Gasteiger partial charge in [0.05, 0.1) is 6.61 Å². The van der Waals surface area contributed by atoms with Crippen molar-refractivity contribution in [2.45, 2.75) is 31.5 Å². The highest BCUT2D eigenvalue weighted by Crippen LogP contribution is 2.30. The molecule has 2 heterocycles. The molecule has 7 nitrogen and oxygen atoms in total. The molecule has 1 saturated heterocycles. The molecule has 1 unspecified atom stereocenters. The highest BCUT2D eigenvalue weighted by molar-refractivity contribution is 5.03. The molecule has 100 valence electrons. The van der Waals surface area contributed by atoms with Gasteiger partial charge < -0.3 is 14.9 Å². The minimum atomic E-state index is -1.86. The molecule has 0 spiro atoms. The van der Waals surface area contributed by atoms with E-state index in [4.69, 9.17) is 9.84 Å². The molecule has 1 aliphatic heterocycles. The summed E-state index contributed by atoms with van der Waals surface area (Å²) in [6.45, 7) is 0.895. The van der Waals surface area contributed by atoms with Crippen LogP contribution in [0.15, 0.2) is 15.8 Å². The van der Waals surface area contributed by atoms with Gasteiger partial charge in [-0.1, -0.05) is 0 Å². The number of hydrogen-bond donors (Lipinski definition) is 3. The predicted octanol–water partition coefficient (Wildman–Crippen LogP) is -1.57. The van der Waals surface area contributed by atoms with Crippen LogP contribution in [0.5, 0.6) is 0 Å². The highest BCUT2D eigenvalue weighted by atomic mass is 19.1. The first kappa shape index (κ1) is 12.9. The maximum atomic E-state index is 13.8. The molecule has 0 aromatic carbocycles. The average molecular weight is 260 g/mol. The molecule has 0 bridgehead atoms. The third-order valence-electron chi connectivity index (χ3n) is 2.89. The molecule has 0 amide bonds. The van der Waals surface area contributed by atoms with E-state index in [1.54, 1.807) is 0 Å². The summed E-state index contributed by atoms with van der Waals surface area (Å²) in [6.07, 6.45) is -4.67. The van der Waals surface area contributed by atoms with Crippen LogP contribution in [-0.2, 0) is 4.74 Å². The van der Waals surface area contributed by atoms with Crippen molar-refractivity contribution in [3.8, 4) is 0 Å². The minimum absolute atomic E-state index is 0.215. The van der Waals surface area contributed by atoms with Gasteiger partial charge in [-0.25, -0.2) is 9.18 Å². The first-order valence-corrected chi connectivity index (χ1v) is 5.36. The first-order valence-electron chi connectivity index (χ1n) is 5.36. The lowest BCUT2D eigenvalue weighted by molar-refractivity contribution is -0.0492. The predicted molar refractivity (Wildman–Crippen MR) is 58.0 cm³/mol. The summed E-state index contributed by atoms with van der Waals surface area (Å²) in [5, 5.41) is 18.3. The average Bonchev–Trinajstić information content (AvgIpc) is 2.61. The van der Waals surface area contributed by atoms with Gasteiger partial charge in [0.25, 0.3) is 5.56 Å². The number of alkyl halides is 1. The van der Waals surface area contributed by atoms with Crippen LogP contribution in [0, 0.1) is 6.92 Å². The van der Waals surface area contributed by atoms with Crippen LogP contribution in [0.3, 0.4) is 0 Å². The Bertz CT molecular complexity index is 554. The van der Waals surface area contributed by atoms with Gasteiger partial charge in [0.2, 0.25) is 0 Å². The number of halogens is 1. The Morgan fingerprint density at radius 3 is 2.78 bits per heavy atom. The van der Waals surface area contributed by atoms with Gasteiger partial charge in [-0.2, -0.15) is 0 Å². The lowest BCUT2D eigenvalue weighted by Gasteiger charge is -2.15. The van der Waals surface area contributed by atoms with E-state index in [1.807, 2.05) is 4.98 Å². The van der Waals surface area contributed by atoms with Crippen molar-refractivity contribution < 1.29 is 19.3 Å². The number of aryl methyl sites for hydroxylation is 1. The summed E-state index contributed by atoms with van der Waals surface area (Å²) >= 11 is 0. The topological polar surface area (TPSA) is 105 Å². The summed E-state index contributed by atoms with van der Waals surface area (Å²) in [5.74, 6) is 0. The second-order valence-electron chi connectivity index (χ2n) is 4.16. The fourth-order valence-electron chi connectivity index (χ4n) is 1.85. The van der Waals surface area contributed by atoms with Crippen LogP contribution in [0.25, 0.3) is 0 Å². The van der Waals surface area contributed by atoms with Crippen molar-refractivity contribution in [1.82, 2.24) is 9.55 Å². The van der Waals surface area contributed by atoms with Gasteiger partial charge in [0.1, 0.15) is 12.2 Å². The smallest absolute Gasteiger partial charge is 0.330 e. The fourth-order valence-corrected chi connectivity index (χ4v) is 1.85. The number of aliphatic hydroxyl groups excluding tert-OH is 2. The third-order valence-corrected chi connectivity index (χ3v) is 2.89. The van der Waals surface area contributed by atoms with E-state index in [1.165, 1.54) is 6.92 Å². The van der Waals surface area contributed by atoms with Gasteiger partial charge in [0, 0.05) is 11.8 Å². The molecule has 1 aromatic heterocycles. The first-order chi connectivity index (χ1) is 8.45. The van der Waals surface area contributed by atoms with E-state index in [9.17, 15) is 19.1 Å². The molecular formula is C10H13FN2O5. The Labute approximate surface area is 100 Å². The van der Waals surface area contributed by atoms with Crippen molar-refractivity contribution in [2.24, 2.45) is 0 Å². The molecule has 4 atom stereocenters. The zero-order chi connectivity index (χ0) is 13.4. The molecular weight excluding hydrogens is 247 g/mol. The van der Waals surface area contributed by atoms with Gasteiger partial charge in [-0.05, 0) is 6.92 Å². The molecule has 0 saturated carbocycles. The number of ether oxygens (including phenoxy) is 1. The number of aromatic nitrogens is 2. The maximum absolute atomic E-state index is 13.8. The van der Waals surface area contributed by atoms with Crippen molar-refractivity contribution in [1.29, 1.82) is 0 Å². The van der Waals surface area contributed by atoms with Crippen molar-refractivity contribution >= 4 is 0 Å². The normalized spacial score (nSPS) is 31.8. The van der Waals surface area contributed by atoms with Crippen LogP contribution >= 0.6 is 0 Å². The van der Waals surface area contributed by atoms with Crippen molar-refractivity contribution in [2.75, 3.05) is 6.61 Å². The summed E-state index contributed by atoms with van der Waals surface area (Å²) in [5.41, 5.74) is -1.18. The summed E-state index contributed by atoms with van der Waals surface area (Å²) in [4.78, 5) is 24.7. The molecule has 8 heteroatoms. The van der Waals surface area contributed by atoms with Gasteiger partial charge >= 0.3 is 5.69 Å². The monoisotopic (exact) mass is 260 g/mol. The van der Waals surface area contributed by atoms with E-state index in [2.05, 4.69) is 0 Å². The maximum Gasteiger partial charge on any atom is 0.330 e. The van der Waals surface area contributed by atoms with Crippen LogP contribution < -0.4 is 11.2 Å². The zero-order valence-electron chi connectivity index (χ0n) is 9.54. The molecule has 1 fully saturated rings. The summed E-state index contributed by atoms with van der Waals surface area (Å²) in [6, 6.07) is 0. The van der Waals surface area contributed by atoms with E-state index < -0.39 is 42.5 Å². The Balaban J connectivity index is 2.42. The minimum Gasteiger partial charge on any atom is -0.394 e. The van der Waals surface area contributed by atoms with E-state index >= 15 is 0 Å². The Morgan fingerprint density at radius 2 is 2.22 bits per heavy atom. The number of nitrogens with one attached hydrogen (secondary N) is 1. The molecule has 18 heavy (non-hydrogen) atoms. The number of H-pyrrole nitrogens is 1. The fraction of sp³-hybridized carbons (Fsp3) is 0.600. The second kappa shape index (κ2) is 4.63.